The minimum atomic E-state index is -2.84. The van der Waals surface area contributed by atoms with Crippen molar-refractivity contribution in [2.24, 2.45) is 11.4 Å². The van der Waals surface area contributed by atoms with Gasteiger partial charge in [0.2, 0.25) is 5.88 Å². The molecule has 8 heteroatoms. The third kappa shape index (κ3) is 3.70. The Morgan fingerprint density at radius 1 is 1.30 bits per heavy atom. The van der Waals surface area contributed by atoms with Crippen molar-refractivity contribution in [3.05, 3.63) is 36.0 Å². The van der Waals surface area contributed by atoms with Gasteiger partial charge < -0.3 is 9.64 Å². The highest BCUT2D eigenvalue weighted by Gasteiger charge is 2.16. The lowest BCUT2D eigenvalue weighted by molar-refractivity contribution is 0.0999. The van der Waals surface area contributed by atoms with Gasteiger partial charge in [0.1, 0.15) is 0 Å². The maximum absolute atomic E-state index is 12.7. The molecule has 0 aliphatic carbocycles. The van der Waals surface area contributed by atoms with Gasteiger partial charge in [0, 0.05) is 44.0 Å². The van der Waals surface area contributed by atoms with Crippen LogP contribution >= 0.6 is 0 Å². The summed E-state index contributed by atoms with van der Waals surface area (Å²) in [6.45, 7) is 0. The Bertz CT molecular complexity index is 831. The second-order valence-corrected chi connectivity index (χ2v) is 7.54. The minimum absolute atomic E-state index is 0.101. The number of carbonyl (C=O) groups is 1. The number of aromatic nitrogens is 2. The van der Waals surface area contributed by atoms with Crippen molar-refractivity contribution in [1.29, 1.82) is 0 Å². The van der Waals surface area contributed by atoms with Crippen molar-refractivity contribution in [3.63, 3.8) is 0 Å². The number of hydrogen-bond donors (Lipinski definition) is 0. The predicted octanol–water partition coefficient (Wildman–Crippen LogP) is 1.79. The van der Waals surface area contributed by atoms with E-state index in [4.69, 9.17) is 4.74 Å². The molecule has 2 rings (SSSR count). The van der Waals surface area contributed by atoms with Crippen LogP contribution < -0.4 is 9.64 Å². The van der Waals surface area contributed by atoms with E-state index in [2.05, 4.69) is 9.46 Å². The van der Waals surface area contributed by atoms with Gasteiger partial charge >= 0.3 is 5.91 Å². The smallest absolute Gasteiger partial charge is 0.305 e. The summed E-state index contributed by atoms with van der Waals surface area (Å²) in [6.07, 6.45) is 1.44. The first-order valence-corrected chi connectivity index (χ1v) is 8.79. The number of carbonyl (C=O) groups excluding carboxylic acids is 1. The Kier molecular flexibility index (Phi) is 4.74. The highest BCUT2D eigenvalue weighted by atomic mass is 32.2. The molecule has 1 atom stereocenters. The molecule has 7 nitrogen and oxygen atoms in total. The second-order valence-electron chi connectivity index (χ2n) is 5.28. The number of nitrogens with zero attached hydrogens (tertiary/aromatic N) is 4. The molecular weight excluding hydrogens is 316 g/mol. The molecule has 124 valence electrons. The quantitative estimate of drug-likeness (QED) is 0.851. The standard InChI is InChI=1S/C15H20N4O3S/c1-18(2)11-6-8-12(9-7-11)23(5,21)17-15(20)13-10-14(22-4)19(3)16-13/h6-10H,1-5H3/t23-/m0/s1. The fourth-order valence-corrected chi connectivity index (χ4v) is 3.16. The molecule has 0 unspecified atom stereocenters. The van der Waals surface area contributed by atoms with Crippen LogP contribution in [0.3, 0.4) is 0 Å². The molecule has 1 aromatic carbocycles. The average molecular weight is 336 g/mol. The fourth-order valence-electron chi connectivity index (χ4n) is 2.00. The van der Waals surface area contributed by atoms with E-state index >= 15 is 0 Å². The van der Waals surface area contributed by atoms with Crippen LogP contribution in [-0.4, -0.2) is 47.4 Å². The van der Waals surface area contributed by atoms with Gasteiger partial charge in [-0.25, -0.2) is 8.89 Å². The van der Waals surface area contributed by atoms with Gasteiger partial charge in [-0.15, -0.1) is 0 Å². The molecule has 23 heavy (non-hydrogen) atoms. The number of rotatable bonds is 4. The van der Waals surface area contributed by atoms with Crippen LogP contribution in [0.4, 0.5) is 5.69 Å². The molecule has 1 amide bonds. The largest absolute Gasteiger partial charge is 0.481 e. The summed E-state index contributed by atoms with van der Waals surface area (Å²) in [5, 5.41) is 4.01. The number of hydrogen-bond acceptors (Lipinski definition) is 5. The molecule has 0 saturated heterocycles. The van der Waals surface area contributed by atoms with Gasteiger partial charge in [-0.3, -0.25) is 4.79 Å². The van der Waals surface area contributed by atoms with E-state index in [-0.39, 0.29) is 5.69 Å². The molecule has 1 aromatic heterocycles. The van der Waals surface area contributed by atoms with E-state index in [1.54, 1.807) is 19.2 Å². The van der Waals surface area contributed by atoms with E-state index in [1.165, 1.54) is 24.1 Å². The molecule has 0 aliphatic rings. The summed E-state index contributed by atoms with van der Waals surface area (Å²) in [5.74, 6) is -0.199. The van der Waals surface area contributed by atoms with Gasteiger partial charge in [0.15, 0.2) is 5.69 Å². The van der Waals surface area contributed by atoms with Gasteiger partial charge in [-0.1, -0.05) is 0 Å². The second kappa shape index (κ2) is 6.41. The zero-order valence-corrected chi connectivity index (χ0v) is 14.6. The maximum atomic E-state index is 12.7. The van der Waals surface area contributed by atoms with E-state index in [1.807, 2.05) is 31.1 Å². The Hall–Kier alpha value is -2.35. The van der Waals surface area contributed by atoms with Gasteiger partial charge in [-0.2, -0.15) is 9.46 Å². The molecule has 1 heterocycles. The van der Waals surface area contributed by atoms with E-state index in [9.17, 15) is 9.00 Å². The third-order valence-corrected chi connectivity index (χ3v) is 4.97. The lowest BCUT2D eigenvalue weighted by atomic mass is 10.3. The summed E-state index contributed by atoms with van der Waals surface area (Å²) in [6, 6.07) is 8.57. The first kappa shape index (κ1) is 17.0. The zero-order valence-electron chi connectivity index (χ0n) is 13.8. The summed E-state index contributed by atoms with van der Waals surface area (Å²) in [5.41, 5.74) is 1.08. The highest BCUT2D eigenvalue weighted by Crippen LogP contribution is 2.19. The SMILES string of the molecule is COc1cc(C(=O)N=[S@@](C)(=O)c2ccc(N(C)C)cc2)nn1C. The van der Waals surface area contributed by atoms with Crippen LogP contribution in [0.1, 0.15) is 10.5 Å². The summed E-state index contributed by atoms with van der Waals surface area (Å²) in [4.78, 5) is 14.6. The number of benzene rings is 1. The van der Waals surface area contributed by atoms with Crippen LogP contribution in [0, 0.1) is 0 Å². The Balaban J connectivity index is 2.35. The average Bonchev–Trinajstić information content (AvgIpc) is 2.88. The number of aryl methyl sites for hydroxylation is 1. The molecule has 2 aromatic rings. The zero-order chi connectivity index (χ0) is 17.2. The number of amides is 1. The molecule has 0 aliphatic heterocycles. The van der Waals surface area contributed by atoms with Crippen molar-refractivity contribution in [1.82, 2.24) is 9.78 Å². The summed E-state index contributed by atoms with van der Waals surface area (Å²) in [7, 11) is 4.13. The molecule has 0 spiro atoms. The fraction of sp³-hybridized carbons (Fsp3) is 0.333. The lowest BCUT2D eigenvalue weighted by Gasteiger charge is -2.12. The van der Waals surface area contributed by atoms with Crippen LogP contribution in [-0.2, 0) is 16.8 Å². The van der Waals surface area contributed by atoms with Crippen LogP contribution in [0.25, 0.3) is 0 Å². The summed E-state index contributed by atoms with van der Waals surface area (Å²) < 4.78 is 23.1. The maximum Gasteiger partial charge on any atom is 0.305 e. The topological polar surface area (TPSA) is 76.8 Å². The molecular formula is C15H20N4O3S. The van der Waals surface area contributed by atoms with Gasteiger partial charge in [0.05, 0.1) is 16.8 Å². The molecule has 0 N–H and O–H groups in total. The predicted molar refractivity (Wildman–Crippen MR) is 89.6 cm³/mol. The normalized spacial score (nSPS) is 13.3. The van der Waals surface area contributed by atoms with Gasteiger partial charge in [-0.05, 0) is 24.3 Å². The number of anilines is 1. The third-order valence-electron chi connectivity index (χ3n) is 3.31. The van der Waals surface area contributed by atoms with Crippen molar-refractivity contribution in [2.45, 2.75) is 4.90 Å². The monoisotopic (exact) mass is 336 g/mol. The lowest BCUT2D eigenvalue weighted by Crippen LogP contribution is -2.09. The Morgan fingerprint density at radius 3 is 2.39 bits per heavy atom. The Morgan fingerprint density at radius 2 is 1.91 bits per heavy atom. The van der Waals surface area contributed by atoms with Crippen LogP contribution in [0.15, 0.2) is 39.6 Å². The first-order chi connectivity index (χ1) is 10.7. The summed E-state index contributed by atoms with van der Waals surface area (Å²) >= 11 is 0. The van der Waals surface area contributed by atoms with Crippen LogP contribution in [0.2, 0.25) is 0 Å². The number of methoxy groups -OCH3 is 1. The highest BCUT2D eigenvalue weighted by molar-refractivity contribution is 7.93. The van der Waals surface area contributed by atoms with E-state index < -0.39 is 15.6 Å². The van der Waals surface area contributed by atoms with Crippen molar-refractivity contribution in [2.75, 3.05) is 32.4 Å². The number of ether oxygens (including phenoxy) is 1. The van der Waals surface area contributed by atoms with E-state index in [0.29, 0.717) is 10.8 Å². The van der Waals surface area contributed by atoms with E-state index in [0.717, 1.165) is 5.69 Å². The molecule has 0 saturated carbocycles. The molecule has 0 bridgehead atoms. The van der Waals surface area contributed by atoms with Crippen molar-refractivity contribution in [3.8, 4) is 5.88 Å². The molecule has 0 fully saturated rings. The van der Waals surface area contributed by atoms with Gasteiger partial charge in [0.25, 0.3) is 0 Å². The Labute approximate surface area is 136 Å². The minimum Gasteiger partial charge on any atom is -0.481 e. The first-order valence-electron chi connectivity index (χ1n) is 6.86. The van der Waals surface area contributed by atoms with Crippen molar-refractivity contribution >= 4 is 21.3 Å². The van der Waals surface area contributed by atoms with Crippen molar-refractivity contribution < 1.29 is 13.7 Å². The molecule has 0 radical (unpaired) electrons. The van der Waals surface area contributed by atoms with Crippen LogP contribution in [0.5, 0.6) is 5.88 Å².